The van der Waals surface area contributed by atoms with E-state index in [4.69, 9.17) is 47.4 Å². The van der Waals surface area contributed by atoms with Gasteiger partial charge in [-0.3, -0.25) is 4.79 Å². The lowest BCUT2D eigenvalue weighted by Gasteiger charge is -2.50. The fourth-order valence-electron chi connectivity index (χ4n) is 7.71. The van der Waals surface area contributed by atoms with Crippen LogP contribution in [0.15, 0.2) is 12.7 Å². The van der Waals surface area contributed by atoms with Gasteiger partial charge >= 0.3 is 0 Å². The lowest BCUT2D eigenvalue weighted by atomic mass is 9.94. The number of nitrogens with one attached hydrogen (secondary N) is 1. The van der Waals surface area contributed by atoms with Gasteiger partial charge in [-0.05, 0) is 0 Å². The summed E-state index contributed by atoms with van der Waals surface area (Å²) in [4.78, 5) is 12.5. The van der Waals surface area contributed by atoms with Crippen molar-refractivity contribution in [1.82, 2.24) is 5.32 Å². The van der Waals surface area contributed by atoms with E-state index < -0.39 is 192 Å². The molecular formula is C35H59NO26. The Bertz CT molecular complexity index is 1400. The minimum Gasteiger partial charge on any atom is -0.394 e. The molecule has 16 N–H and O–H groups in total. The molecule has 360 valence electrons. The van der Waals surface area contributed by atoms with Crippen LogP contribution in [0, 0.1) is 0 Å². The van der Waals surface area contributed by atoms with Crippen LogP contribution in [-0.2, 0) is 52.2 Å². The first kappa shape index (κ1) is 51.2. The summed E-state index contributed by atoms with van der Waals surface area (Å²) in [6.07, 6.45) is -42.0. The van der Waals surface area contributed by atoms with Gasteiger partial charge in [-0.25, -0.2) is 0 Å². The van der Waals surface area contributed by atoms with Gasteiger partial charge in [0, 0.05) is 6.92 Å². The van der Waals surface area contributed by atoms with Gasteiger partial charge in [0.05, 0.1) is 39.6 Å². The first-order chi connectivity index (χ1) is 29.5. The summed E-state index contributed by atoms with van der Waals surface area (Å²) in [6.45, 7) is -0.107. The van der Waals surface area contributed by atoms with Crippen molar-refractivity contribution < 1.29 is 129 Å². The van der Waals surface area contributed by atoms with Gasteiger partial charge in [0.15, 0.2) is 31.5 Å². The molecule has 0 aromatic carbocycles. The van der Waals surface area contributed by atoms with Crippen LogP contribution in [-0.4, -0.2) is 276 Å². The van der Waals surface area contributed by atoms with Crippen LogP contribution in [0.1, 0.15) is 6.92 Å². The average molecular weight is 910 g/mol. The highest BCUT2D eigenvalue weighted by Crippen LogP contribution is 2.36. The molecule has 0 aromatic rings. The topological polar surface area (TPSA) is 425 Å². The van der Waals surface area contributed by atoms with Crippen LogP contribution in [0.5, 0.6) is 0 Å². The van der Waals surface area contributed by atoms with Crippen LogP contribution < -0.4 is 5.32 Å². The van der Waals surface area contributed by atoms with E-state index in [1.54, 1.807) is 0 Å². The number of rotatable bonds is 17. The van der Waals surface area contributed by atoms with Crippen molar-refractivity contribution in [2.45, 2.75) is 160 Å². The number of carbonyl (C=O) groups is 1. The van der Waals surface area contributed by atoms with Crippen molar-refractivity contribution in [2.24, 2.45) is 0 Å². The van der Waals surface area contributed by atoms with Crippen molar-refractivity contribution >= 4 is 5.91 Å². The molecule has 0 bridgehead atoms. The van der Waals surface area contributed by atoms with Crippen LogP contribution in [0.25, 0.3) is 0 Å². The number of amides is 1. The molecule has 5 saturated heterocycles. The van der Waals surface area contributed by atoms with Crippen LogP contribution in [0.3, 0.4) is 0 Å². The first-order valence-corrected chi connectivity index (χ1v) is 19.7. The number of ether oxygens (including phenoxy) is 10. The molecule has 0 spiro atoms. The molecular weight excluding hydrogens is 850 g/mol. The molecule has 0 radical (unpaired) electrons. The Morgan fingerprint density at radius 3 is 1.32 bits per heavy atom. The third-order valence-electron chi connectivity index (χ3n) is 11.1. The van der Waals surface area contributed by atoms with Crippen molar-refractivity contribution in [2.75, 3.05) is 39.6 Å². The molecule has 0 saturated carbocycles. The number of aliphatic hydroxyl groups is 15. The second kappa shape index (κ2) is 22.6. The van der Waals surface area contributed by atoms with E-state index in [9.17, 15) is 81.4 Å². The largest absolute Gasteiger partial charge is 0.394 e. The molecule has 0 aromatic heterocycles. The van der Waals surface area contributed by atoms with E-state index in [1.165, 1.54) is 6.08 Å². The van der Waals surface area contributed by atoms with Crippen molar-refractivity contribution in [3.8, 4) is 0 Å². The summed E-state index contributed by atoms with van der Waals surface area (Å²) in [5, 5.41) is 161. The fraction of sp³-hybridized carbons (Fsp3) is 0.914. The Balaban J connectivity index is 1.34. The lowest BCUT2D eigenvalue weighted by molar-refractivity contribution is -0.388. The third-order valence-corrected chi connectivity index (χ3v) is 11.1. The van der Waals surface area contributed by atoms with Gasteiger partial charge in [-0.2, -0.15) is 0 Å². The highest BCUT2D eigenvalue weighted by molar-refractivity contribution is 5.73. The lowest BCUT2D eigenvalue weighted by Crippen LogP contribution is -2.70. The van der Waals surface area contributed by atoms with Gasteiger partial charge in [-0.1, -0.05) is 6.08 Å². The zero-order chi connectivity index (χ0) is 45.7. The molecule has 27 nitrogen and oxygen atoms in total. The summed E-state index contributed by atoms with van der Waals surface area (Å²) in [5.41, 5.74) is 0. The molecule has 5 aliphatic rings. The van der Waals surface area contributed by atoms with E-state index in [2.05, 4.69) is 11.9 Å². The molecule has 5 rings (SSSR count). The van der Waals surface area contributed by atoms with Gasteiger partial charge in [0.2, 0.25) is 5.91 Å². The quantitative estimate of drug-likeness (QED) is 0.0603. The summed E-state index contributed by atoms with van der Waals surface area (Å²) in [6, 6.07) is -1.67. The van der Waals surface area contributed by atoms with Gasteiger partial charge in [0.1, 0.15) is 122 Å². The third kappa shape index (κ3) is 10.9. The predicted molar refractivity (Wildman–Crippen MR) is 192 cm³/mol. The molecule has 5 aliphatic heterocycles. The first-order valence-electron chi connectivity index (χ1n) is 19.7. The standard InChI is InChI=1S/C35H59NO26/c1-3-4-53-32-24(50)21(47)27(14(8-40)57-32)59-34-25(51)22(48)28(15(9-41)58-34)60-35-26(52)30(19(45)13(7-39)56-35)62-31-16(36-10(2)42)29(18(44)12(6-38)54-31)61-33-23(49)20(46)17(43)11(5-37)55-33/h3,11-35,37-41,43-52H,1,4-9H2,2H3,(H,36,42)/t11?,12?,13?,14?,15?,16?,17-,18-,19-,20-,21+,22+,23?,24?,25?,26?,27+,28-,29+,30-,31-,32+,33-,34-,35+/m0/s1. The monoisotopic (exact) mass is 909 g/mol. The molecule has 0 aliphatic carbocycles. The zero-order valence-electron chi connectivity index (χ0n) is 33.2. The molecule has 5 fully saturated rings. The SMILES string of the molecule is C=CCO[C@@H]1OC(CO)[C@@H](O[C@@H]2OC(CO)[C@H](O[C@H]3OC(CO)[C@H](O)[C@H](O[C@@H]4OC(CO)[C@H](O)[C@H](O[C@@H]5OC(CO)[C@H](O)[C@H](O)C5O)C4NC(C)=O)C3O)[C@H](O)C2O)[C@H](O)C1O. The highest BCUT2D eigenvalue weighted by atomic mass is 16.8. The zero-order valence-corrected chi connectivity index (χ0v) is 33.2. The minimum atomic E-state index is -2.14. The van der Waals surface area contributed by atoms with Crippen LogP contribution >= 0.6 is 0 Å². The summed E-state index contributed by atoms with van der Waals surface area (Å²) in [5.74, 6) is -0.802. The average Bonchev–Trinajstić information content (AvgIpc) is 3.25. The maximum Gasteiger partial charge on any atom is 0.217 e. The van der Waals surface area contributed by atoms with E-state index in [-0.39, 0.29) is 6.61 Å². The van der Waals surface area contributed by atoms with Gasteiger partial charge in [-0.15, -0.1) is 6.58 Å². The van der Waals surface area contributed by atoms with E-state index >= 15 is 0 Å². The highest BCUT2D eigenvalue weighted by Gasteiger charge is 2.57. The summed E-state index contributed by atoms with van der Waals surface area (Å²) >= 11 is 0. The second-order valence-electron chi connectivity index (χ2n) is 15.3. The molecule has 1 amide bonds. The second-order valence-corrected chi connectivity index (χ2v) is 15.3. The van der Waals surface area contributed by atoms with Crippen molar-refractivity contribution in [1.29, 1.82) is 0 Å². The van der Waals surface area contributed by atoms with Crippen LogP contribution in [0.4, 0.5) is 0 Å². The smallest absolute Gasteiger partial charge is 0.217 e. The number of aliphatic hydroxyl groups excluding tert-OH is 15. The predicted octanol–water partition coefficient (Wildman–Crippen LogP) is -10.6. The van der Waals surface area contributed by atoms with Crippen molar-refractivity contribution in [3.05, 3.63) is 12.7 Å². The summed E-state index contributed by atoms with van der Waals surface area (Å²) < 4.78 is 56.3. The normalized spacial score (nSPS) is 49.0. The molecule has 62 heavy (non-hydrogen) atoms. The Morgan fingerprint density at radius 1 is 0.468 bits per heavy atom. The summed E-state index contributed by atoms with van der Waals surface area (Å²) in [7, 11) is 0. The van der Waals surface area contributed by atoms with E-state index in [1.807, 2.05) is 0 Å². The maximum atomic E-state index is 12.5. The molecule has 27 heteroatoms. The maximum absolute atomic E-state index is 12.5. The van der Waals surface area contributed by atoms with E-state index in [0.29, 0.717) is 0 Å². The van der Waals surface area contributed by atoms with E-state index in [0.717, 1.165) is 6.92 Å². The van der Waals surface area contributed by atoms with Crippen molar-refractivity contribution in [3.63, 3.8) is 0 Å². The Morgan fingerprint density at radius 2 is 0.839 bits per heavy atom. The number of hydrogen-bond acceptors (Lipinski definition) is 26. The van der Waals surface area contributed by atoms with Gasteiger partial charge in [0.25, 0.3) is 0 Å². The minimum absolute atomic E-state index is 0.0944. The molecule has 25 atom stereocenters. The Labute approximate surface area is 352 Å². The Hall–Kier alpha value is -1.79. The van der Waals surface area contributed by atoms with Gasteiger partial charge < -0.3 is 129 Å². The van der Waals surface area contributed by atoms with Crippen LogP contribution in [0.2, 0.25) is 0 Å². The number of carbonyl (C=O) groups excluding carboxylic acids is 1. The molecule has 10 unspecified atom stereocenters. The number of hydrogen-bond donors (Lipinski definition) is 16. The fourth-order valence-corrected chi connectivity index (χ4v) is 7.71. The Kier molecular flexibility index (Phi) is 18.7. The molecule has 5 heterocycles.